The maximum Gasteiger partial charge on any atom is 0.132 e. The van der Waals surface area contributed by atoms with E-state index in [9.17, 15) is 5.11 Å². The number of ether oxygens (including phenoxy) is 1. The van der Waals surface area contributed by atoms with Crippen LogP contribution < -0.4 is 15.8 Å². The van der Waals surface area contributed by atoms with Crippen LogP contribution in [0.2, 0.25) is 0 Å². The van der Waals surface area contributed by atoms with Gasteiger partial charge in [-0.25, -0.2) is 9.97 Å². The van der Waals surface area contributed by atoms with E-state index in [4.69, 9.17) is 10.5 Å². The highest BCUT2D eigenvalue weighted by Gasteiger charge is 2.44. The van der Waals surface area contributed by atoms with Crippen molar-refractivity contribution in [3.05, 3.63) is 83.7 Å². The molecule has 0 saturated heterocycles. The zero-order valence-electron chi connectivity index (χ0n) is 17.3. The Kier molecular flexibility index (Phi) is 4.24. The number of fused-ring (bicyclic) bond motifs is 4. The third-order valence-electron chi connectivity index (χ3n) is 5.52. The van der Waals surface area contributed by atoms with E-state index in [0.717, 1.165) is 39.3 Å². The molecular weight excluding hydrogens is 388 g/mol. The zero-order valence-corrected chi connectivity index (χ0v) is 17.3. The normalized spacial score (nSPS) is 18.7. The van der Waals surface area contributed by atoms with Crippen LogP contribution in [0.1, 0.15) is 30.5 Å². The van der Waals surface area contributed by atoms with E-state index in [1.54, 1.807) is 26.2 Å². The Morgan fingerprint density at radius 2 is 1.77 bits per heavy atom. The van der Waals surface area contributed by atoms with Gasteiger partial charge in [0.1, 0.15) is 23.4 Å². The van der Waals surface area contributed by atoms with Crippen LogP contribution >= 0.6 is 0 Å². The first kappa shape index (κ1) is 19.2. The summed E-state index contributed by atoms with van der Waals surface area (Å²) in [4.78, 5) is 8.28. The van der Waals surface area contributed by atoms with Crippen LogP contribution in [-0.2, 0) is 5.41 Å². The SMILES string of the molecule is CC(C)(O)C#Cc1ccc2c(c1)[C@]1(C=C(N)NC1)c1cc(-c3cncnc3)ccc1O2. The molecule has 154 valence electrons. The van der Waals surface area contributed by atoms with E-state index in [2.05, 4.69) is 33.2 Å². The predicted molar refractivity (Wildman–Crippen MR) is 118 cm³/mol. The van der Waals surface area contributed by atoms with Gasteiger partial charge in [0.05, 0.1) is 11.2 Å². The average Bonchev–Trinajstić information content (AvgIpc) is 3.15. The molecule has 5 rings (SSSR count). The van der Waals surface area contributed by atoms with Crippen LogP contribution in [0.5, 0.6) is 11.5 Å². The molecule has 0 unspecified atom stereocenters. The number of nitrogens with one attached hydrogen (secondary N) is 1. The molecule has 0 bridgehead atoms. The van der Waals surface area contributed by atoms with Crippen LogP contribution in [0.3, 0.4) is 0 Å². The maximum atomic E-state index is 9.98. The molecule has 6 heteroatoms. The lowest BCUT2D eigenvalue weighted by Gasteiger charge is -2.36. The molecule has 3 heterocycles. The molecule has 0 amide bonds. The fourth-order valence-corrected chi connectivity index (χ4v) is 4.08. The van der Waals surface area contributed by atoms with Crippen molar-refractivity contribution in [3.63, 3.8) is 0 Å². The van der Waals surface area contributed by atoms with Crippen molar-refractivity contribution in [2.75, 3.05) is 6.54 Å². The molecule has 3 aromatic rings. The number of hydrogen-bond donors (Lipinski definition) is 3. The Hall–Kier alpha value is -3.82. The predicted octanol–water partition coefficient (Wildman–Crippen LogP) is 3.06. The lowest BCUT2D eigenvalue weighted by atomic mass is 9.72. The molecule has 1 spiro atoms. The summed E-state index contributed by atoms with van der Waals surface area (Å²) in [6, 6.07) is 12.0. The Bertz CT molecular complexity index is 1270. The van der Waals surface area contributed by atoms with E-state index in [1.807, 2.05) is 36.4 Å². The minimum absolute atomic E-state index is 0.495. The Morgan fingerprint density at radius 1 is 1.06 bits per heavy atom. The Balaban J connectivity index is 1.69. The number of aromatic nitrogens is 2. The molecule has 31 heavy (non-hydrogen) atoms. The third kappa shape index (κ3) is 3.39. The summed E-state index contributed by atoms with van der Waals surface area (Å²) in [6.07, 6.45) is 7.15. The number of hydrogen-bond acceptors (Lipinski definition) is 6. The van der Waals surface area contributed by atoms with Crippen LogP contribution in [0.4, 0.5) is 0 Å². The molecule has 0 aliphatic carbocycles. The Labute approximate surface area is 180 Å². The molecule has 0 fully saturated rings. The van der Waals surface area contributed by atoms with Gasteiger partial charge in [0, 0.05) is 41.2 Å². The molecule has 1 atom stereocenters. The average molecular weight is 410 g/mol. The van der Waals surface area contributed by atoms with E-state index < -0.39 is 11.0 Å². The molecule has 0 radical (unpaired) electrons. The number of nitrogens with two attached hydrogens (primary N) is 1. The molecule has 0 saturated carbocycles. The second kappa shape index (κ2) is 6.86. The van der Waals surface area contributed by atoms with Gasteiger partial charge in [-0.1, -0.05) is 17.9 Å². The molecular formula is C25H22N4O2. The molecule has 2 aliphatic heterocycles. The van der Waals surface area contributed by atoms with Crippen molar-refractivity contribution < 1.29 is 9.84 Å². The van der Waals surface area contributed by atoms with Gasteiger partial charge < -0.3 is 20.9 Å². The van der Waals surface area contributed by atoms with Gasteiger partial charge in [0.15, 0.2) is 0 Å². The highest BCUT2D eigenvalue weighted by atomic mass is 16.5. The van der Waals surface area contributed by atoms with Crippen molar-refractivity contribution in [1.29, 1.82) is 0 Å². The van der Waals surface area contributed by atoms with Gasteiger partial charge in [0.2, 0.25) is 0 Å². The molecule has 1 aromatic heterocycles. The molecule has 2 aliphatic rings. The number of rotatable bonds is 1. The van der Waals surface area contributed by atoms with Gasteiger partial charge in [0.25, 0.3) is 0 Å². The smallest absolute Gasteiger partial charge is 0.132 e. The first-order chi connectivity index (χ1) is 14.8. The molecule has 6 nitrogen and oxygen atoms in total. The van der Waals surface area contributed by atoms with Crippen molar-refractivity contribution in [2.45, 2.75) is 24.9 Å². The topological polar surface area (TPSA) is 93.3 Å². The highest BCUT2D eigenvalue weighted by molar-refractivity contribution is 5.70. The quantitative estimate of drug-likeness (QED) is 0.534. The summed E-state index contributed by atoms with van der Waals surface area (Å²) >= 11 is 0. The summed E-state index contributed by atoms with van der Waals surface area (Å²) in [5, 5.41) is 13.3. The number of nitrogens with zero attached hydrogens (tertiary/aromatic N) is 2. The summed E-state index contributed by atoms with van der Waals surface area (Å²) in [7, 11) is 0. The van der Waals surface area contributed by atoms with E-state index >= 15 is 0 Å². The zero-order chi connectivity index (χ0) is 21.6. The second-order valence-electron chi connectivity index (χ2n) is 8.38. The van der Waals surface area contributed by atoms with Crippen molar-refractivity contribution in [1.82, 2.24) is 15.3 Å². The minimum Gasteiger partial charge on any atom is -0.457 e. The standard InChI is InChI=1S/C25H22N4O2/c1-24(2,30)8-7-16-3-5-21-19(9-16)25(11-23(26)29-14-25)20-10-17(4-6-22(20)31-21)18-12-27-15-28-13-18/h3-6,9-13,15,29-30H,14,26H2,1-2H3/t25-/m1/s1. The third-order valence-corrected chi connectivity index (χ3v) is 5.52. The highest BCUT2D eigenvalue weighted by Crippen LogP contribution is 2.51. The van der Waals surface area contributed by atoms with E-state index in [0.29, 0.717) is 12.4 Å². The van der Waals surface area contributed by atoms with Crippen LogP contribution in [-0.4, -0.2) is 27.2 Å². The van der Waals surface area contributed by atoms with Crippen LogP contribution in [0.15, 0.2) is 67.0 Å². The summed E-state index contributed by atoms with van der Waals surface area (Å²) in [5.41, 5.74) is 9.36. The van der Waals surface area contributed by atoms with E-state index in [-0.39, 0.29) is 0 Å². The lowest BCUT2D eigenvalue weighted by molar-refractivity contribution is 0.143. The van der Waals surface area contributed by atoms with Crippen molar-refractivity contribution in [2.24, 2.45) is 5.73 Å². The Morgan fingerprint density at radius 3 is 2.45 bits per heavy atom. The van der Waals surface area contributed by atoms with Crippen LogP contribution in [0.25, 0.3) is 11.1 Å². The summed E-state index contributed by atoms with van der Waals surface area (Å²) < 4.78 is 6.26. The van der Waals surface area contributed by atoms with Gasteiger partial charge in [-0.3, -0.25) is 0 Å². The number of aliphatic hydroxyl groups is 1. The largest absolute Gasteiger partial charge is 0.457 e. The van der Waals surface area contributed by atoms with Crippen molar-refractivity contribution >= 4 is 0 Å². The lowest BCUT2D eigenvalue weighted by Crippen LogP contribution is -2.34. The molecule has 2 aromatic carbocycles. The minimum atomic E-state index is -1.07. The van der Waals surface area contributed by atoms with Gasteiger partial charge in [-0.15, -0.1) is 0 Å². The summed E-state index contributed by atoms with van der Waals surface area (Å²) in [6.45, 7) is 3.94. The fraction of sp³-hybridized carbons (Fsp3) is 0.200. The monoisotopic (exact) mass is 410 g/mol. The van der Waals surface area contributed by atoms with Gasteiger partial charge in [-0.05, 0) is 55.8 Å². The van der Waals surface area contributed by atoms with Gasteiger partial charge in [-0.2, -0.15) is 0 Å². The first-order valence-corrected chi connectivity index (χ1v) is 10.0. The van der Waals surface area contributed by atoms with Gasteiger partial charge >= 0.3 is 0 Å². The maximum absolute atomic E-state index is 9.98. The first-order valence-electron chi connectivity index (χ1n) is 10.0. The summed E-state index contributed by atoms with van der Waals surface area (Å²) in [5.74, 6) is 8.13. The second-order valence-corrected chi connectivity index (χ2v) is 8.38. The van der Waals surface area contributed by atoms with Crippen molar-refractivity contribution in [3.8, 4) is 34.5 Å². The van der Waals surface area contributed by atoms with E-state index in [1.165, 1.54) is 6.33 Å². The van der Waals surface area contributed by atoms with Crippen LogP contribution in [0, 0.1) is 11.8 Å². The number of benzene rings is 2. The molecule has 4 N–H and O–H groups in total. The fourth-order valence-electron chi connectivity index (χ4n) is 4.08.